The molecule has 0 heterocycles. The molecule has 2 rings (SSSR count). The van der Waals surface area contributed by atoms with Gasteiger partial charge in [-0.15, -0.1) is 0 Å². The fourth-order valence-electron chi connectivity index (χ4n) is 3.40. The van der Waals surface area contributed by atoms with Gasteiger partial charge in [-0.2, -0.15) is 0 Å². The number of carbonyl (C=O) groups is 3. The minimum absolute atomic E-state index is 0.0573. The molecule has 2 N–H and O–H groups in total. The third-order valence-corrected chi connectivity index (χ3v) is 5.48. The predicted molar refractivity (Wildman–Crippen MR) is 125 cm³/mol. The van der Waals surface area contributed by atoms with Gasteiger partial charge in [-0.25, -0.2) is 0 Å². The van der Waals surface area contributed by atoms with Gasteiger partial charge >= 0.3 is 0 Å². The molecule has 0 saturated heterocycles. The Labute approximate surface area is 190 Å². The van der Waals surface area contributed by atoms with E-state index in [-0.39, 0.29) is 30.1 Å². The van der Waals surface area contributed by atoms with Gasteiger partial charge in [0.15, 0.2) is 5.78 Å². The van der Waals surface area contributed by atoms with Gasteiger partial charge in [0.1, 0.15) is 12.6 Å². The maximum Gasteiger partial charge on any atom is 0.243 e. The van der Waals surface area contributed by atoms with Gasteiger partial charge < -0.3 is 15.4 Å². The lowest BCUT2D eigenvalue weighted by molar-refractivity contribution is -0.133. The smallest absolute Gasteiger partial charge is 0.243 e. The van der Waals surface area contributed by atoms with Crippen LogP contribution < -0.4 is 10.6 Å². The Hall–Kier alpha value is -2.99. The van der Waals surface area contributed by atoms with E-state index in [2.05, 4.69) is 10.6 Å². The first-order chi connectivity index (χ1) is 15.4. The summed E-state index contributed by atoms with van der Waals surface area (Å²) in [6.07, 6.45) is 1.82. The van der Waals surface area contributed by atoms with Gasteiger partial charge in [-0.3, -0.25) is 14.4 Å². The van der Waals surface area contributed by atoms with E-state index in [1.54, 1.807) is 0 Å². The first-order valence-electron chi connectivity index (χ1n) is 11.2. The average molecular weight is 439 g/mol. The van der Waals surface area contributed by atoms with E-state index in [1.165, 1.54) is 6.92 Å². The fourth-order valence-corrected chi connectivity index (χ4v) is 3.40. The van der Waals surface area contributed by atoms with Crippen LogP contribution in [0.3, 0.4) is 0 Å². The van der Waals surface area contributed by atoms with Crippen LogP contribution in [0.5, 0.6) is 0 Å². The minimum Gasteiger partial charge on any atom is -0.369 e. The molecule has 0 spiro atoms. The quantitative estimate of drug-likeness (QED) is 0.502. The fraction of sp³-hybridized carbons (Fsp3) is 0.423. The zero-order valence-electron chi connectivity index (χ0n) is 19.2. The van der Waals surface area contributed by atoms with E-state index in [4.69, 9.17) is 4.74 Å². The molecule has 0 aliphatic rings. The largest absolute Gasteiger partial charge is 0.369 e. The van der Waals surface area contributed by atoms with Gasteiger partial charge in [0.05, 0.1) is 12.6 Å². The van der Waals surface area contributed by atoms with Crippen LogP contribution in [-0.4, -0.2) is 36.3 Å². The number of nitrogens with one attached hydrogen (secondary N) is 2. The molecular weight excluding hydrogens is 404 g/mol. The van der Waals surface area contributed by atoms with Crippen LogP contribution in [0.15, 0.2) is 60.7 Å². The standard InChI is InChI=1S/C26H34N2O4/c1-4-19(2)25(27-20(3)29)26(31)28-23(16-15-21-11-7-5-8-12-21)24(30)18-32-17-22-13-9-6-10-14-22/h5-14,19,23,25H,4,15-18H2,1-3H3,(H,27,29)(H,28,31)/t19?,23-,25-/m0/s1. The Bertz CT molecular complexity index is 855. The zero-order chi connectivity index (χ0) is 23.3. The van der Waals surface area contributed by atoms with Gasteiger partial charge in [-0.05, 0) is 29.9 Å². The molecule has 0 aromatic heterocycles. The van der Waals surface area contributed by atoms with Crippen molar-refractivity contribution in [1.82, 2.24) is 10.6 Å². The highest BCUT2D eigenvalue weighted by Crippen LogP contribution is 2.11. The molecule has 0 bridgehead atoms. The second-order valence-corrected chi connectivity index (χ2v) is 8.09. The SMILES string of the molecule is CCC(C)[C@H](NC(C)=O)C(=O)N[C@@H](CCc1ccccc1)C(=O)COCc1ccccc1. The van der Waals surface area contributed by atoms with Crippen molar-refractivity contribution >= 4 is 17.6 Å². The van der Waals surface area contributed by atoms with Crippen LogP contribution in [-0.2, 0) is 32.1 Å². The molecule has 1 unspecified atom stereocenters. The number of benzene rings is 2. The topological polar surface area (TPSA) is 84.5 Å². The predicted octanol–water partition coefficient (Wildman–Crippen LogP) is 3.44. The van der Waals surface area contributed by atoms with Crippen LogP contribution in [0.4, 0.5) is 0 Å². The number of ether oxygens (including phenoxy) is 1. The number of Topliss-reactive ketones (excluding diaryl/α,β-unsaturated/α-hetero) is 1. The molecule has 172 valence electrons. The summed E-state index contributed by atoms with van der Waals surface area (Å²) < 4.78 is 5.62. The molecule has 0 aliphatic heterocycles. The zero-order valence-corrected chi connectivity index (χ0v) is 19.2. The molecule has 6 heteroatoms. The molecule has 2 amide bonds. The minimum atomic E-state index is -0.696. The van der Waals surface area contributed by atoms with Gasteiger partial charge in [-0.1, -0.05) is 80.9 Å². The normalized spacial score (nSPS) is 13.6. The lowest BCUT2D eigenvalue weighted by Gasteiger charge is -2.26. The van der Waals surface area contributed by atoms with Crippen LogP contribution in [0.1, 0.15) is 44.7 Å². The molecule has 3 atom stereocenters. The Morgan fingerprint density at radius 3 is 2.06 bits per heavy atom. The number of rotatable bonds is 13. The van der Waals surface area contributed by atoms with Crippen molar-refractivity contribution in [3.8, 4) is 0 Å². The van der Waals surface area contributed by atoms with Crippen molar-refractivity contribution in [3.63, 3.8) is 0 Å². The number of hydrogen-bond acceptors (Lipinski definition) is 4. The lowest BCUT2D eigenvalue weighted by atomic mass is 9.96. The summed E-state index contributed by atoms with van der Waals surface area (Å²) in [6, 6.07) is 18.1. The molecule has 2 aromatic carbocycles. The van der Waals surface area contributed by atoms with Crippen molar-refractivity contribution in [2.24, 2.45) is 5.92 Å². The molecule has 32 heavy (non-hydrogen) atoms. The van der Waals surface area contributed by atoms with E-state index in [0.717, 1.165) is 17.5 Å². The van der Waals surface area contributed by atoms with Gasteiger partial charge in [0.2, 0.25) is 11.8 Å². The van der Waals surface area contributed by atoms with Crippen molar-refractivity contribution in [3.05, 3.63) is 71.8 Å². The van der Waals surface area contributed by atoms with Crippen LogP contribution in [0, 0.1) is 5.92 Å². The summed E-state index contributed by atoms with van der Waals surface area (Å²) in [5.74, 6) is -0.859. The number of hydrogen-bond donors (Lipinski definition) is 2. The summed E-state index contributed by atoms with van der Waals surface area (Å²) in [6.45, 7) is 5.49. The van der Waals surface area contributed by atoms with E-state index in [9.17, 15) is 14.4 Å². The Morgan fingerprint density at radius 2 is 1.50 bits per heavy atom. The summed E-state index contributed by atoms with van der Waals surface area (Å²) in [5.41, 5.74) is 2.07. The summed E-state index contributed by atoms with van der Waals surface area (Å²) in [7, 11) is 0. The number of ketones is 1. The van der Waals surface area contributed by atoms with E-state index < -0.39 is 12.1 Å². The molecule has 0 fully saturated rings. The molecule has 0 radical (unpaired) electrons. The summed E-state index contributed by atoms with van der Waals surface area (Å²) >= 11 is 0. The molecule has 2 aromatic rings. The van der Waals surface area contributed by atoms with Crippen LogP contribution in [0.2, 0.25) is 0 Å². The first-order valence-corrected chi connectivity index (χ1v) is 11.2. The average Bonchev–Trinajstić information content (AvgIpc) is 2.80. The van der Waals surface area contributed by atoms with E-state index in [1.807, 2.05) is 74.5 Å². The third-order valence-electron chi connectivity index (χ3n) is 5.48. The van der Waals surface area contributed by atoms with Crippen molar-refractivity contribution in [2.45, 2.75) is 58.7 Å². The number of carbonyl (C=O) groups excluding carboxylic acids is 3. The third kappa shape index (κ3) is 8.63. The van der Waals surface area contributed by atoms with E-state index in [0.29, 0.717) is 19.4 Å². The molecular formula is C26H34N2O4. The van der Waals surface area contributed by atoms with Crippen molar-refractivity contribution < 1.29 is 19.1 Å². The van der Waals surface area contributed by atoms with Crippen LogP contribution >= 0.6 is 0 Å². The van der Waals surface area contributed by atoms with Gasteiger partial charge in [0.25, 0.3) is 0 Å². The molecule has 6 nitrogen and oxygen atoms in total. The highest BCUT2D eigenvalue weighted by molar-refractivity contribution is 5.93. The highest BCUT2D eigenvalue weighted by atomic mass is 16.5. The van der Waals surface area contributed by atoms with E-state index >= 15 is 0 Å². The Balaban J connectivity index is 2.04. The highest BCUT2D eigenvalue weighted by Gasteiger charge is 2.29. The first kappa shape index (κ1) is 25.3. The summed E-state index contributed by atoms with van der Waals surface area (Å²) in [4.78, 5) is 37.5. The van der Waals surface area contributed by atoms with Gasteiger partial charge in [0, 0.05) is 6.92 Å². The maximum absolute atomic E-state index is 13.0. The Morgan fingerprint density at radius 1 is 0.906 bits per heavy atom. The Kier molecular flexibility index (Phi) is 10.6. The number of aryl methyl sites for hydroxylation is 1. The molecule has 0 saturated carbocycles. The number of amides is 2. The second kappa shape index (κ2) is 13.4. The molecule has 0 aliphatic carbocycles. The van der Waals surface area contributed by atoms with Crippen LogP contribution in [0.25, 0.3) is 0 Å². The van der Waals surface area contributed by atoms with Crippen molar-refractivity contribution in [2.75, 3.05) is 6.61 Å². The second-order valence-electron chi connectivity index (χ2n) is 8.09. The monoisotopic (exact) mass is 438 g/mol. The lowest BCUT2D eigenvalue weighted by Crippen LogP contribution is -2.54. The maximum atomic E-state index is 13.0. The van der Waals surface area contributed by atoms with Crippen molar-refractivity contribution in [1.29, 1.82) is 0 Å². The summed E-state index contributed by atoms with van der Waals surface area (Å²) in [5, 5.41) is 5.59.